The van der Waals surface area contributed by atoms with Crippen molar-refractivity contribution in [2.75, 3.05) is 19.7 Å². The van der Waals surface area contributed by atoms with Gasteiger partial charge in [-0.25, -0.2) is 4.79 Å². The summed E-state index contributed by atoms with van der Waals surface area (Å²) < 4.78 is 22.1. The molecule has 16 atom stereocenters. The van der Waals surface area contributed by atoms with Crippen LogP contribution in [0, 0.1) is 40.4 Å². The van der Waals surface area contributed by atoms with E-state index >= 15 is 4.79 Å². The molecule has 488 valence electrons. The van der Waals surface area contributed by atoms with Crippen molar-refractivity contribution in [3.05, 3.63) is 156 Å². The predicted octanol–water partition coefficient (Wildman–Crippen LogP) is 10.3. The fraction of sp³-hybridized carbons (Fsp3) is 0.579. The van der Waals surface area contributed by atoms with Crippen molar-refractivity contribution in [2.45, 2.75) is 215 Å². The van der Waals surface area contributed by atoms with Crippen molar-refractivity contribution in [2.24, 2.45) is 46.2 Å². The number of esters is 1. The van der Waals surface area contributed by atoms with E-state index in [1.165, 1.54) is 17.2 Å². The third kappa shape index (κ3) is 8.94. The molecule has 5 heterocycles. The molecule has 6 bridgehead atoms. The number of fused-ring (bicyclic) bond motifs is 14. The lowest BCUT2D eigenvalue weighted by atomic mass is 9.51. The topological polar surface area (TPSA) is 269 Å². The lowest BCUT2D eigenvalue weighted by Crippen LogP contribution is -2.60. The maximum absolute atomic E-state index is 16.3. The molecule has 4 aromatic rings. The van der Waals surface area contributed by atoms with Gasteiger partial charge in [0, 0.05) is 59.5 Å². The Morgan fingerprint density at radius 1 is 0.902 bits per heavy atom. The number of phenolic OH excluding ortho intramolecular Hbond substituents is 2. The largest absolute Gasteiger partial charge is 0.508 e. The fourth-order valence-corrected chi connectivity index (χ4v) is 22.5. The normalized spacial score (nSPS) is 37.1. The van der Waals surface area contributed by atoms with Crippen LogP contribution in [0.4, 0.5) is 0 Å². The second-order valence-electron chi connectivity index (χ2n) is 30.7. The van der Waals surface area contributed by atoms with Crippen LogP contribution in [0.3, 0.4) is 0 Å². The number of hydrogen-bond donors (Lipinski definition) is 11. The standard InChI is InChI=1S/C76H92N4O12/c1-4-55(76(89)34-41-25-45(76)26-42-33-74(69(86)51-13-10-12-48(41)60(42)51)23-18-44-11-6-7-22-75(44,88)38-74)71(87)91-58-31-53-66(85)63-57(84)30-47(36-81)90-68(63)64-61-50-19-24-79-70(77)62(50)65(73(20-8-9-21-73)32-40-14-16-46(83)29-52(40)54(61)37-82)49-17-15-39-28-59(78-5-2)80-35-43(39)27-56(49)72(58,3)92-67(53)64/h4,10,12-14,16,19,28-30,35,41-42,44-45,49,54,56,58-59,61,65,69,78-83,85-86,88-89H,5-9,11,15,17-18,20-27,31-34,36-38,77H2,1-3H3/b55-4+/t41-,42+,44+,45-,49-,54-,56-,58+,59?,61+,65-,69+,72-,74+,75-,76-/m0/s1. The van der Waals surface area contributed by atoms with Gasteiger partial charge in [-0.15, -0.1) is 0 Å². The molecule has 0 amide bonds. The van der Waals surface area contributed by atoms with Gasteiger partial charge in [-0.2, -0.15) is 0 Å². The van der Waals surface area contributed by atoms with Crippen molar-refractivity contribution < 1.29 is 54.4 Å². The van der Waals surface area contributed by atoms with Crippen LogP contribution in [0.15, 0.2) is 110 Å². The molecule has 0 saturated heterocycles. The van der Waals surface area contributed by atoms with Gasteiger partial charge < -0.3 is 66.0 Å². The summed E-state index contributed by atoms with van der Waals surface area (Å²) in [6, 6.07) is 13.0. The number of likely N-dealkylation sites (N-methyl/N-ethyl adjacent to an activating group) is 1. The number of allylic oxidation sites excluding steroid dienone is 5. The number of phenols is 2. The number of aromatic hydroxyl groups is 2. The number of aliphatic hydroxyl groups is 5. The molecule has 8 aliphatic carbocycles. The van der Waals surface area contributed by atoms with Crippen LogP contribution in [0.1, 0.15) is 211 Å². The zero-order valence-electron chi connectivity index (χ0n) is 53.5. The van der Waals surface area contributed by atoms with Crippen LogP contribution in [0.2, 0.25) is 0 Å². The van der Waals surface area contributed by atoms with Crippen LogP contribution >= 0.6 is 0 Å². The Labute approximate surface area is 538 Å². The average molecular weight is 1250 g/mol. The first-order valence-electron chi connectivity index (χ1n) is 34.9. The summed E-state index contributed by atoms with van der Waals surface area (Å²) in [6.07, 6.45) is 20.7. The van der Waals surface area contributed by atoms with Crippen molar-refractivity contribution in [1.82, 2.24) is 16.0 Å². The zero-order chi connectivity index (χ0) is 63.5. The SMILES string of the molecule is C/C=C(\C(=O)O[C@@H]1Cc2c3c(c4oc(CO)cc(=O)c4c2O)[C@@H]2C4=CCNC(N)=C4[C@H]([C@H]4CCC5=CC(NCC)NC=C5C[C@@H]4[C@]1(C)O3)C1(CCCC1)Cc1ccc(O)cc1[C@@H]2CO)[C@]1(O)C[C@@H]2C[C@H]1C[C@@H]1C[C@@]3(CC[C@H]4CCCC[C@]4(O)C3)[C@H](O)c3cccc2c31. The van der Waals surface area contributed by atoms with E-state index in [0.717, 1.165) is 116 Å². The average Bonchev–Trinajstić information content (AvgIpc) is 1.15. The highest BCUT2D eigenvalue weighted by Crippen LogP contribution is 2.69. The Balaban J connectivity index is 0.878. The first-order valence-corrected chi connectivity index (χ1v) is 34.9. The number of nitrogens with one attached hydrogen (secondary N) is 3. The molecule has 1 unspecified atom stereocenters. The molecule has 0 radical (unpaired) electrons. The third-order valence-electron chi connectivity index (χ3n) is 26.4. The Bertz CT molecular complexity index is 3950. The van der Waals surface area contributed by atoms with Gasteiger partial charge in [0.15, 0.2) is 5.43 Å². The summed E-state index contributed by atoms with van der Waals surface area (Å²) in [6.45, 7) is 6.01. The van der Waals surface area contributed by atoms with Crippen LogP contribution in [0.5, 0.6) is 17.2 Å². The van der Waals surface area contributed by atoms with Crippen LogP contribution in [-0.4, -0.2) is 90.5 Å². The summed E-state index contributed by atoms with van der Waals surface area (Å²) in [4.78, 5) is 31.2. The summed E-state index contributed by atoms with van der Waals surface area (Å²) in [7, 11) is 0. The summed E-state index contributed by atoms with van der Waals surface area (Å²) in [5, 5.41) is 97.4. The quantitative estimate of drug-likeness (QED) is 0.0607. The third-order valence-corrected chi connectivity index (χ3v) is 26.4. The van der Waals surface area contributed by atoms with Gasteiger partial charge in [0.25, 0.3) is 0 Å². The summed E-state index contributed by atoms with van der Waals surface area (Å²) >= 11 is 0. The molecule has 12 N–H and O–H groups in total. The Morgan fingerprint density at radius 3 is 2.50 bits per heavy atom. The van der Waals surface area contributed by atoms with Crippen LogP contribution < -0.4 is 31.8 Å². The van der Waals surface area contributed by atoms with Gasteiger partial charge in [0.1, 0.15) is 58.1 Å². The van der Waals surface area contributed by atoms with Crippen molar-refractivity contribution in [1.29, 1.82) is 0 Å². The molecule has 2 spiro atoms. The number of benzene rings is 3. The van der Waals surface area contributed by atoms with E-state index in [2.05, 4.69) is 60.3 Å². The van der Waals surface area contributed by atoms with E-state index in [0.29, 0.717) is 62.9 Å². The number of carbonyl (C=O) groups is 1. The molecule has 1 aromatic heterocycles. The predicted molar refractivity (Wildman–Crippen MR) is 347 cm³/mol. The fourth-order valence-electron chi connectivity index (χ4n) is 22.5. The highest BCUT2D eigenvalue weighted by atomic mass is 16.6. The van der Waals surface area contributed by atoms with Gasteiger partial charge in [-0.1, -0.05) is 69.0 Å². The molecule has 3 aromatic carbocycles. The van der Waals surface area contributed by atoms with Gasteiger partial charge >= 0.3 is 5.97 Å². The molecule has 16 rings (SSSR count). The van der Waals surface area contributed by atoms with E-state index in [-0.39, 0.29) is 93.9 Å². The Hall–Kier alpha value is -6.40. The lowest BCUT2D eigenvalue weighted by Gasteiger charge is -2.56. The molecule has 5 fully saturated rings. The second-order valence-corrected chi connectivity index (χ2v) is 30.7. The molecule has 4 aliphatic heterocycles. The van der Waals surface area contributed by atoms with E-state index in [1.807, 2.05) is 12.1 Å². The zero-order valence-corrected chi connectivity index (χ0v) is 53.5. The highest BCUT2D eigenvalue weighted by molar-refractivity contribution is 5.93. The molecule has 92 heavy (non-hydrogen) atoms. The number of ether oxygens (including phenoxy) is 2. The number of aliphatic hydroxyl groups excluding tert-OH is 3. The molecule has 12 aliphatic rings. The second kappa shape index (κ2) is 22.1. The number of rotatable bonds is 7. The van der Waals surface area contributed by atoms with E-state index in [4.69, 9.17) is 19.6 Å². The first kappa shape index (κ1) is 60.5. The van der Waals surface area contributed by atoms with Gasteiger partial charge in [0.2, 0.25) is 0 Å². The van der Waals surface area contributed by atoms with Crippen molar-refractivity contribution in [3.63, 3.8) is 0 Å². The number of nitrogens with two attached hydrogens (primary N) is 1. The highest BCUT2D eigenvalue weighted by Gasteiger charge is 2.64. The minimum Gasteiger partial charge on any atom is -0.508 e. The van der Waals surface area contributed by atoms with Crippen molar-refractivity contribution in [3.8, 4) is 17.2 Å². The first-order chi connectivity index (χ1) is 44.4. The smallest absolute Gasteiger partial charge is 0.337 e. The number of hydrogen-bond acceptors (Lipinski definition) is 16. The number of carbonyl (C=O) groups excluding carboxylic acids is 1. The number of dihydropyridines is 2. The molecular weight excluding hydrogens is 1160 g/mol. The minimum atomic E-state index is -1.62. The van der Waals surface area contributed by atoms with Crippen molar-refractivity contribution >= 4 is 16.9 Å². The molecule has 16 nitrogen and oxygen atoms in total. The lowest BCUT2D eigenvalue weighted by molar-refractivity contribution is -0.173. The van der Waals surface area contributed by atoms with Crippen LogP contribution in [0.25, 0.3) is 11.0 Å². The Morgan fingerprint density at radius 2 is 1.71 bits per heavy atom. The maximum atomic E-state index is 16.3. The summed E-state index contributed by atoms with van der Waals surface area (Å²) in [5.74, 6) is -3.26. The Kier molecular flexibility index (Phi) is 14.5. The van der Waals surface area contributed by atoms with E-state index in [9.17, 15) is 40.5 Å². The van der Waals surface area contributed by atoms with Gasteiger partial charge in [-0.3, -0.25) is 10.1 Å². The van der Waals surface area contributed by atoms with Gasteiger partial charge in [0.05, 0.1) is 35.7 Å². The molecular formula is C76H92N4O12. The van der Waals surface area contributed by atoms with Crippen LogP contribution in [-0.2, 0) is 29.0 Å². The summed E-state index contributed by atoms with van der Waals surface area (Å²) in [5.41, 5.74) is 12.0. The molecule has 16 heteroatoms. The van der Waals surface area contributed by atoms with E-state index in [1.54, 1.807) is 25.1 Å². The van der Waals surface area contributed by atoms with E-state index < -0.39 is 88.0 Å². The molecule has 5 saturated carbocycles. The maximum Gasteiger partial charge on any atom is 0.337 e. The minimum absolute atomic E-state index is 0.00679. The van der Waals surface area contributed by atoms with Gasteiger partial charge in [-0.05, 0) is 226 Å². The monoisotopic (exact) mass is 1250 g/mol.